The molecule has 0 bridgehead atoms. The number of aliphatic imine (C=N–C) groups is 1. The first-order valence-corrected chi connectivity index (χ1v) is 7.69. The Labute approximate surface area is 159 Å². The largest absolute Gasteiger partial charge is 0.459 e. The summed E-state index contributed by atoms with van der Waals surface area (Å²) >= 11 is 0. The number of furan rings is 1. The summed E-state index contributed by atoms with van der Waals surface area (Å²) in [7, 11) is 0. The lowest BCUT2D eigenvalue weighted by Gasteiger charge is -2.09. The van der Waals surface area contributed by atoms with Gasteiger partial charge in [0.25, 0.3) is 5.91 Å². The molecule has 1 aromatic heterocycles. The minimum absolute atomic E-state index is 0. The molecule has 1 heterocycles. The number of hydrogen-bond acceptors (Lipinski definition) is 3. The molecule has 1 amide bonds. The Kier molecular flexibility index (Phi) is 8.92. The van der Waals surface area contributed by atoms with E-state index in [4.69, 9.17) is 4.42 Å². The molecule has 0 aliphatic heterocycles. The first-order valence-electron chi connectivity index (χ1n) is 7.69. The van der Waals surface area contributed by atoms with Gasteiger partial charge in [-0.3, -0.25) is 4.79 Å². The van der Waals surface area contributed by atoms with Crippen molar-refractivity contribution in [2.75, 3.05) is 18.4 Å². The summed E-state index contributed by atoms with van der Waals surface area (Å²) in [4.78, 5) is 16.4. The van der Waals surface area contributed by atoms with Gasteiger partial charge in [0.1, 0.15) is 0 Å². The number of nitrogens with zero attached hydrogens (tertiary/aromatic N) is 1. The summed E-state index contributed by atoms with van der Waals surface area (Å²) in [6, 6.07) is 10.9. The van der Waals surface area contributed by atoms with Crippen LogP contribution < -0.4 is 16.0 Å². The number of amides is 1. The molecule has 3 N–H and O–H groups in total. The molecule has 0 radical (unpaired) electrons. The summed E-state index contributed by atoms with van der Waals surface area (Å²) in [6.45, 7) is 6.28. The van der Waals surface area contributed by atoms with E-state index in [2.05, 4.69) is 20.9 Å². The van der Waals surface area contributed by atoms with Crippen LogP contribution in [0.25, 0.3) is 0 Å². The van der Waals surface area contributed by atoms with Gasteiger partial charge in [-0.1, -0.05) is 12.1 Å². The molecule has 0 spiro atoms. The third-order valence-electron chi connectivity index (χ3n) is 3.06. The monoisotopic (exact) mass is 442 g/mol. The number of guanidine groups is 1. The van der Waals surface area contributed by atoms with Crippen molar-refractivity contribution in [2.45, 2.75) is 20.4 Å². The molecule has 2 rings (SSSR count). The fourth-order valence-corrected chi connectivity index (χ4v) is 1.97. The van der Waals surface area contributed by atoms with E-state index in [1.54, 1.807) is 12.1 Å². The van der Waals surface area contributed by atoms with Crippen molar-refractivity contribution in [3.8, 4) is 0 Å². The maximum Gasteiger partial charge on any atom is 0.291 e. The van der Waals surface area contributed by atoms with Crippen molar-refractivity contribution in [1.29, 1.82) is 0 Å². The zero-order valence-corrected chi connectivity index (χ0v) is 16.2. The average Bonchev–Trinajstić information content (AvgIpc) is 3.09. The Bertz CT molecular complexity index is 631. The predicted octanol–water partition coefficient (Wildman–Crippen LogP) is 3.22. The number of nitrogens with one attached hydrogen (secondary N) is 3. The first-order chi connectivity index (χ1) is 11.2. The number of anilines is 1. The molecular weight excluding hydrogens is 419 g/mol. The normalized spacial score (nSPS) is 9.58. The molecule has 2 aromatic rings. The standard InChI is InChI=1S/C17H22N4O2.HI/c1-3-18-17(19-4-2)20-12-13-7-9-14(10-8-13)21-16(22)15-6-5-11-23-15;/h5-11H,3-4,12H2,1-2H3,(H,21,22)(H2,18,19,20);1H. The summed E-state index contributed by atoms with van der Waals surface area (Å²) in [6.07, 6.45) is 1.47. The van der Waals surface area contributed by atoms with E-state index in [0.29, 0.717) is 12.3 Å². The van der Waals surface area contributed by atoms with E-state index < -0.39 is 0 Å². The molecule has 0 aliphatic rings. The maximum absolute atomic E-state index is 11.9. The van der Waals surface area contributed by atoms with E-state index in [1.807, 2.05) is 38.1 Å². The van der Waals surface area contributed by atoms with Gasteiger partial charge in [0, 0.05) is 18.8 Å². The summed E-state index contributed by atoms with van der Waals surface area (Å²) in [5.74, 6) is 0.826. The van der Waals surface area contributed by atoms with Gasteiger partial charge in [0.15, 0.2) is 11.7 Å². The molecule has 0 atom stereocenters. The molecule has 6 nitrogen and oxygen atoms in total. The van der Waals surface area contributed by atoms with Crippen LogP contribution >= 0.6 is 24.0 Å². The molecule has 0 fully saturated rings. The van der Waals surface area contributed by atoms with Crippen molar-refractivity contribution in [3.63, 3.8) is 0 Å². The van der Waals surface area contributed by atoms with Crippen LogP contribution in [0.3, 0.4) is 0 Å². The first kappa shape index (κ1) is 20.0. The summed E-state index contributed by atoms with van der Waals surface area (Å²) < 4.78 is 5.06. The lowest BCUT2D eigenvalue weighted by atomic mass is 10.2. The highest BCUT2D eigenvalue weighted by atomic mass is 127. The number of hydrogen-bond donors (Lipinski definition) is 3. The van der Waals surface area contributed by atoms with Gasteiger partial charge in [-0.2, -0.15) is 0 Å². The molecule has 7 heteroatoms. The highest BCUT2D eigenvalue weighted by Crippen LogP contribution is 2.12. The zero-order chi connectivity index (χ0) is 16.5. The maximum atomic E-state index is 11.9. The lowest BCUT2D eigenvalue weighted by molar-refractivity contribution is 0.0996. The number of rotatable bonds is 6. The van der Waals surface area contributed by atoms with Crippen molar-refractivity contribution in [1.82, 2.24) is 10.6 Å². The fourth-order valence-electron chi connectivity index (χ4n) is 1.97. The molecular formula is C17H23IN4O2. The minimum atomic E-state index is -0.262. The third kappa shape index (κ3) is 6.23. The summed E-state index contributed by atoms with van der Waals surface area (Å²) in [5.41, 5.74) is 1.78. The van der Waals surface area contributed by atoms with Crippen molar-refractivity contribution in [3.05, 3.63) is 54.0 Å². The van der Waals surface area contributed by atoms with Crippen LogP contribution in [-0.2, 0) is 6.54 Å². The van der Waals surface area contributed by atoms with Crippen LogP contribution in [0.5, 0.6) is 0 Å². The average molecular weight is 442 g/mol. The molecule has 130 valence electrons. The second-order valence-electron chi connectivity index (χ2n) is 4.85. The number of carbonyl (C=O) groups is 1. The van der Waals surface area contributed by atoms with Gasteiger partial charge in [0.2, 0.25) is 0 Å². The van der Waals surface area contributed by atoms with E-state index in [9.17, 15) is 4.79 Å². The lowest BCUT2D eigenvalue weighted by Crippen LogP contribution is -2.36. The Hall–Kier alpha value is -2.03. The second-order valence-corrected chi connectivity index (χ2v) is 4.85. The van der Waals surface area contributed by atoms with Crippen molar-refractivity contribution < 1.29 is 9.21 Å². The number of benzene rings is 1. The topological polar surface area (TPSA) is 78.7 Å². The molecule has 0 aliphatic carbocycles. The third-order valence-corrected chi connectivity index (χ3v) is 3.06. The Morgan fingerprint density at radius 3 is 2.29 bits per heavy atom. The van der Waals surface area contributed by atoms with Gasteiger partial charge in [-0.25, -0.2) is 4.99 Å². The van der Waals surface area contributed by atoms with Crippen molar-refractivity contribution >= 4 is 41.5 Å². The number of carbonyl (C=O) groups excluding carboxylic acids is 1. The molecule has 0 saturated carbocycles. The van der Waals surface area contributed by atoms with Crippen LogP contribution in [0, 0.1) is 0 Å². The highest BCUT2D eigenvalue weighted by Gasteiger charge is 2.08. The van der Waals surface area contributed by atoms with E-state index in [1.165, 1.54) is 6.26 Å². The SMILES string of the molecule is CCNC(=NCc1ccc(NC(=O)c2ccco2)cc1)NCC.I. The van der Waals surface area contributed by atoms with Gasteiger partial charge >= 0.3 is 0 Å². The van der Waals surface area contributed by atoms with Gasteiger partial charge < -0.3 is 20.4 Å². The molecule has 0 saturated heterocycles. The number of halogens is 1. The molecule has 0 unspecified atom stereocenters. The predicted molar refractivity (Wildman–Crippen MR) is 107 cm³/mol. The van der Waals surface area contributed by atoms with Crippen LogP contribution in [0.1, 0.15) is 30.0 Å². The van der Waals surface area contributed by atoms with Crippen molar-refractivity contribution in [2.24, 2.45) is 4.99 Å². The van der Waals surface area contributed by atoms with E-state index in [0.717, 1.165) is 30.3 Å². The van der Waals surface area contributed by atoms with Crippen LogP contribution in [0.15, 0.2) is 52.1 Å². The Morgan fingerprint density at radius 1 is 1.08 bits per heavy atom. The van der Waals surface area contributed by atoms with E-state index >= 15 is 0 Å². The summed E-state index contributed by atoms with van der Waals surface area (Å²) in [5, 5.41) is 9.14. The van der Waals surface area contributed by atoms with Crippen LogP contribution in [0.4, 0.5) is 5.69 Å². The second kappa shape index (κ2) is 10.7. The fraction of sp³-hybridized carbons (Fsp3) is 0.294. The Balaban J connectivity index is 0.00000288. The smallest absolute Gasteiger partial charge is 0.291 e. The molecule has 24 heavy (non-hydrogen) atoms. The van der Waals surface area contributed by atoms with Crippen LogP contribution in [0.2, 0.25) is 0 Å². The Morgan fingerprint density at radius 2 is 1.75 bits per heavy atom. The van der Waals surface area contributed by atoms with Gasteiger partial charge in [0.05, 0.1) is 12.8 Å². The van der Waals surface area contributed by atoms with Gasteiger partial charge in [-0.15, -0.1) is 24.0 Å². The van der Waals surface area contributed by atoms with Crippen LogP contribution in [-0.4, -0.2) is 25.0 Å². The quantitative estimate of drug-likeness (QED) is 0.365. The molecule has 1 aromatic carbocycles. The minimum Gasteiger partial charge on any atom is -0.459 e. The zero-order valence-electron chi connectivity index (χ0n) is 13.8. The van der Waals surface area contributed by atoms with E-state index in [-0.39, 0.29) is 29.9 Å². The van der Waals surface area contributed by atoms with Gasteiger partial charge in [-0.05, 0) is 43.7 Å². The highest BCUT2D eigenvalue weighted by molar-refractivity contribution is 14.0.